The van der Waals surface area contributed by atoms with Crippen LogP contribution in [0.4, 0.5) is 5.69 Å². The number of carbonyl (C=O) groups is 1. The van der Waals surface area contributed by atoms with Crippen LogP contribution in [0.5, 0.6) is 0 Å². The molecule has 2 aromatic carbocycles. The van der Waals surface area contributed by atoms with Crippen LogP contribution in [-0.2, 0) is 14.6 Å². The number of sulfone groups is 1. The van der Waals surface area contributed by atoms with Crippen molar-refractivity contribution in [2.75, 3.05) is 29.9 Å². The van der Waals surface area contributed by atoms with Gasteiger partial charge in [-0.25, -0.2) is 13.4 Å². The molecule has 1 saturated heterocycles. The van der Waals surface area contributed by atoms with Gasteiger partial charge in [0, 0.05) is 35.9 Å². The molecule has 150 valence electrons. The summed E-state index contributed by atoms with van der Waals surface area (Å²) in [4.78, 5) is 19.4. The molecule has 3 aromatic rings. The fourth-order valence-corrected chi connectivity index (χ4v) is 5.29. The Kier molecular flexibility index (Phi) is 5.75. The molecule has 1 aliphatic heterocycles. The number of hydrogen-bond acceptors (Lipinski definition) is 6. The first-order valence-corrected chi connectivity index (χ1v) is 12.0. The summed E-state index contributed by atoms with van der Waals surface area (Å²) < 4.78 is 23.6. The average Bonchev–Trinajstić information content (AvgIpc) is 3.26. The van der Waals surface area contributed by atoms with Crippen molar-refractivity contribution in [2.24, 2.45) is 0 Å². The molecule has 6 nitrogen and oxygen atoms in total. The number of hydrogen-bond donors (Lipinski definition) is 1. The Labute approximate surface area is 174 Å². The van der Waals surface area contributed by atoms with E-state index in [1.165, 1.54) is 0 Å². The molecule has 0 saturated carbocycles. The summed E-state index contributed by atoms with van der Waals surface area (Å²) in [5.74, 6) is -0.0179. The van der Waals surface area contributed by atoms with Gasteiger partial charge in [0.25, 0.3) is 0 Å². The molecule has 29 heavy (non-hydrogen) atoms. The number of carbonyl (C=O) groups excluding carboxylic acids is 1. The highest BCUT2D eigenvalue weighted by atomic mass is 32.2. The van der Waals surface area contributed by atoms with Gasteiger partial charge in [0.1, 0.15) is 11.0 Å². The van der Waals surface area contributed by atoms with Crippen molar-refractivity contribution in [2.45, 2.75) is 6.04 Å². The molecule has 1 N–H and O–H groups in total. The Morgan fingerprint density at radius 1 is 1.03 bits per heavy atom. The summed E-state index contributed by atoms with van der Waals surface area (Å²) in [6, 6.07) is 16.5. The standard InChI is InChI=1S/C21H21N3O3S2/c25-20(23-18-8-6-17(7-9-18)21-22-10-13-28-21)19(16-4-2-1-3-5-16)24-11-14-29(26,27)15-12-24/h1-10,13,19H,11-12,14-15H2,(H,23,25). The van der Waals surface area contributed by atoms with Gasteiger partial charge in [-0.15, -0.1) is 11.3 Å². The van der Waals surface area contributed by atoms with Crippen molar-refractivity contribution < 1.29 is 13.2 Å². The van der Waals surface area contributed by atoms with E-state index in [1.54, 1.807) is 17.5 Å². The van der Waals surface area contributed by atoms with E-state index in [1.807, 2.05) is 64.9 Å². The second-order valence-corrected chi connectivity index (χ2v) is 10.1. The SMILES string of the molecule is O=C(Nc1ccc(-c2nccs2)cc1)C(c1ccccc1)N1CCS(=O)(=O)CC1. The molecule has 1 fully saturated rings. The van der Waals surface area contributed by atoms with Gasteiger partial charge in [-0.05, 0) is 29.8 Å². The molecule has 0 aliphatic carbocycles. The van der Waals surface area contributed by atoms with E-state index in [-0.39, 0.29) is 17.4 Å². The van der Waals surface area contributed by atoms with Crippen LogP contribution < -0.4 is 5.32 Å². The van der Waals surface area contributed by atoms with Crippen LogP contribution >= 0.6 is 11.3 Å². The van der Waals surface area contributed by atoms with Crippen LogP contribution in [0.3, 0.4) is 0 Å². The van der Waals surface area contributed by atoms with E-state index in [0.29, 0.717) is 18.8 Å². The predicted molar refractivity (Wildman–Crippen MR) is 116 cm³/mol. The number of anilines is 1. The lowest BCUT2D eigenvalue weighted by molar-refractivity contribution is -0.121. The van der Waals surface area contributed by atoms with Crippen molar-refractivity contribution in [3.8, 4) is 10.6 Å². The minimum Gasteiger partial charge on any atom is -0.324 e. The summed E-state index contributed by atoms with van der Waals surface area (Å²) in [7, 11) is -3.02. The molecule has 1 amide bonds. The van der Waals surface area contributed by atoms with Gasteiger partial charge < -0.3 is 5.32 Å². The fourth-order valence-electron chi connectivity index (χ4n) is 3.42. The van der Waals surface area contributed by atoms with Crippen LogP contribution in [0.1, 0.15) is 11.6 Å². The molecule has 1 aromatic heterocycles. The van der Waals surface area contributed by atoms with Gasteiger partial charge in [0.2, 0.25) is 5.91 Å². The first kappa shape index (κ1) is 19.8. The van der Waals surface area contributed by atoms with Gasteiger partial charge in [-0.2, -0.15) is 0 Å². The predicted octanol–water partition coefficient (Wildman–Crippen LogP) is 3.22. The lowest BCUT2D eigenvalue weighted by Gasteiger charge is -2.33. The van der Waals surface area contributed by atoms with Crippen LogP contribution in [0.2, 0.25) is 0 Å². The largest absolute Gasteiger partial charge is 0.324 e. The van der Waals surface area contributed by atoms with E-state index in [0.717, 1.165) is 16.1 Å². The third-order valence-electron chi connectivity index (χ3n) is 4.94. The second-order valence-electron chi connectivity index (χ2n) is 6.90. The minimum atomic E-state index is -3.02. The molecular weight excluding hydrogens is 406 g/mol. The maximum Gasteiger partial charge on any atom is 0.246 e. The van der Waals surface area contributed by atoms with E-state index in [9.17, 15) is 13.2 Å². The van der Waals surface area contributed by atoms with Crippen LogP contribution in [0.25, 0.3) is 10.6 Å². The number of nitrogens with one attached hydrogen (secondary N) is 1. The molecule has 0 radical (unpaired) electrons. The number of aromatic nitrogens is 1. The van der Waals surface area contributed by atoms with Crippen LogP contribution in [0.15, 0.2) is 66.2 Å². The van der Waals surface area contributed by atoms with Crippen molar-refractivity contribution in [3.05, 3.63) is 71.7 Å². The van der Waals surface area contributed by atoms with Crippen molar-refractivity contribution in [1.29, 1.82) is 0 Å². The van der Waals surface area contributed by atoms with Crippen LogP contribution in [-0.4, -0.2) is 48.8 Å². The fraction of sp³-hybridized carbons (Fsp3) is 0.238. The quantitative estimate of drug-likeness (QED) is 0.676. The third-order valence-corrected chi connectivity index (χ3v) is 7.37. The summed E-state index contributed by atoms with van der Waals surface area (Å²) in [6.07, 6.45) is 1.76. The normalized spacial score (nSPS) is 17.5. The Morgan fingerprint density at radius 3 is 2.34 bits per heavy atom. The maximum atomic E-state index is 13.2. The van der Waals surface area contributed by atoms with Crippen molar-refractivity contribution >= 4 is 32.8 Å². The van der Waals surface area contributed by atoms with Crippen molar-refractivity contribution in [3.63, 3.8) is 0 Å². The maximum absolute atomic E-state index is 13.2. The molecule has 2 heterocycles. The third kappa shape index (κ3) is 4.72. The van der Waals surface area contributed by atoms with Gasteiger partial charge in [-0.3, -0.25) is 9.69 Å². The molecule has 1 aliphatic rings. The topological polar surface area (TPSA) is 79.4 Å². The molecule has 1 unspecified atom stereocenters. The highest BCUT2D eigenvalue weighted by Crippen LogP contribution is 2.26. The second kappa shape index (κ2) is 8.44. The number of thiazole rings is 1. The lowest BCUT2D eigenvalue weighted by atomic mass is 10.0. The molecular formula is C21H21N3O3S2. The number of nitrogens with zero attached hydrogens (tertiary/aromatic N) is 2. The zero-order valence-electron chi connectivity index (χ0n) is 15.7. The Morgan fingerprint density at radius 2 is 1.72 bits per heavy atom. The molecule has 0 bridgehead atoms. The van der Waals surface area contributed by atoms with Gasteiger partial charge >= 0.3 is 0 Å². The Hall–Kier alpha value is -2.55. The Balaban J connectivity index is 1.54. The van der Waals surface area contributed by atoms with E-state index in [2.05, 4.69) is 10.3 Å². The number of rotatable bonds is 5. The van der Waals surface area contributed by atoms with E-state index < -0.39 is 15.9 Å². The zero-order chi connectivity index (χ0) is 20.3. The molecule has 4 rings (SSSR count). The first-order valence-electron chi connectivity index (χ1n) is 9.32. The van der Waals surface area contributed by atoms with Gasteiger partial charge in [-0.1, -0.05) is 30.3 Å². The smallest absolute Gasteiger partial charge is 0.246 e. The number of amides is 1. The molecule has 0 spiro atoms. The summed E-state index contributed by atoms with van der Waals surface area (Å²) in [5, 5.41) is 5.84. The average molecular weight is 428 g/mol. The number of benzene rings is 2. The minimum absolute atomic E-state index is 0.0755. The van der Waals surface area contributed by atoms with E-state index in [4.69, 9.17) is 0 Å². The Bertz CT molecular complexity index is 1050. The summed E-state index contributed by atoms with van der Waals surface area (Å²) in [5.41, 5.74) is 2.54. The zero-order valence-corrected chi connectivity index (χ0v) is 17.3. The van der Waals surface area contributed by atoms with E-state index >= 15 is 0 Å². The van der Waals surface area contributed by atoms with Crippen molar-refractivity contribution in [1.82, 2.24) is 9.88 Å². The molecule has 8 heteroatoms. The van der Waals surface area contributed by atoms with Gasteiger partial charge in [0.15, 0.2) is 9.84 Å². The van der Waals surface area contributed by atoms with Gasteiger partial charge in [0.05, 0.1) is 11.5 Å². The summed E-state index contributed by atoms with van der Waals surface area (Å²) >= 11 is 1.56. The molecule has 1 atom stereocenters. The lowest BCUT2D eigenvalue weighted by Crippen LogP contribution is -2.46. The highest BCUT2D eigenvalue weighted by molar-refractivity contribution is 7.91. The monoisotopic (exact) mass is 427 g/mol. The summed E-state index contributed by atoms with van der Waals surface area (Å²) in [6.45, 7) is 0.691. The van der Waals surface area contributed by atoms with Crippen LogP contribution in [0, 0.1) is 0 Å². The first-order chi connectivity index (χ1) is 14.0. The highest BCUT2D eigenvalue weighted by Gasteiger charge is 2.32.